The third kappa shape index (κ3) is 5.96. The molecule has 0 N–H and O–H groups in total. The quantitative estimate of drug-likeness (QED) is 0.166. The van der Waals surface area contributed by atoms with Gasteiger partial charge in [-0.2, -0.15) is 0 Å². The van der Waals surface area contributed by atoms with Crippen molar-refractivity contribution in [3.05, 3.63) is 206 Å². The molecule has 10 rings (SSSR count). The second kappa shape index (κ2) is 13.8. The van der Waals surface area contributed by atoms with Gasteiger partial charge < -0.3 is 4.57 Å². The minimum atomic E-state index is -0.290. The zero-order valence-corrected chi connectivity index (χ0v) is 29.6. The van der Waals surface area contributed by atoms with E-state index in [0.29, 0.717) is 34.1 Å². The second-order valence-corrected chi connectivity index (χ2v) is 13.3. The third-order valence-electron chi connectivity index (χ3n) is 10.0. The fourth-order valence-corrected chi connectivity index (χ4v) is 7.41. The Hall–Kier alpha value is -7.43. The van der Waals surface area contributed by atoms with Gasteiger partial charge in [-0.1, -0.05) is 188 Å². The van der Waals surface area contributed by atoms with Gasteiger partial charge in [0.25, 0.3) is 0 Å². The van der Waals surface area contributed by atoms with Crippen LogP contribution in [0.5, 0.6) is 0 Å². The molecule has 0 spiro atoms. The normalized spacial score (nSPS) is 12.3. The first-order valence-corrected chi connectivity index (χ1v) is 18.2. The Labute approximate surface area is 325 Å². The number of hydrogen-bond acceptors (Lipinski definition) is 3. The SMILES string of the molecule is [2H]c1c([2H])c([2H])c2c(c1[2H])c1cccc(-c3ccccc3-c3ccccc3)c1n2-c1cccc(-c2nc(-c3ccccc3)nc(-c3ccc(-c4ccccc4)cc3)n2)c1. The Morgan fingerprint density at radius 2 is 0.855 bits per heavy atom. The van der Waals surface area contributed by atoms with E-state index >= 15 is 0 Å². The summed E-state index contributed by atoms with van der Waals surface area (Å²) in [4.78, 5) is 15.1. The molecular formula is C51H34N4. The molecule has 0 saturated carbocycles. The van der Waals surface area contributed by atoms with Gasteiger partial charge in [-0.25, -0.2) is 15.0 Å². The topological polar surface area (TPSA) is 43.6 Å². The third-order valence-corrected chi connectivity index (χ3v) is 10.0. The highest BCUT2D eigenvalue weighted by molar-refractivity contribution is 6.14. The fraction of sp³-hybridized carbons (Fsp3) is 0. The summed E-state index contributed by atoms with van der Waals surface area (Å²) in [7, 11) is 0. The molecule has 0 amide bonds. The van der Waals surface area contributed by atoms with Crippen LogP contribution < -0.4 is 0 Å². The van der Waals surface area contributed by atoms with Crippen molar-refractivity contribution in [2.24, 2.45) is 0 Å². The number of rotatable bonds is 7. The summed E-state index contributed by atoms with van der Waals surface area (Å²) in [5, 5.41) is 1.19. The zero-order valence-electron chi connectivity index (χ0n) is 33.6. The van der Waals surface area contributed by atoms with E-state index in [4.69, 9.17) is 19.1 Å². The summed E-state index contributed by atoms with van der Waals surface area (Å²) < 4.78 is 37.9. The maximum atomic E-state index is 9.29. The Morgan fingerprint density at radius 3 is 1.56 bits per heavy atom. The van der Waals surface area contributed by atoms with E-state index in [1.165, 1.54) is 0 Å². The van der Waals surface area contributed by atoms with Crippen LogP contribution in [0.25, 0.3) is 95.0 Å². The molecule has 2 heterocycles. The van der Waals surface area contributed by atoms with Gasteiger partial charge in [-0.3, -0.25) is 0 Å². The van der Waals surface area contributed by atoms with Crippen LogP contribution in [0.1, 0.15) is 5.48 Å². The predicted molar refractivity (Wildman–Crippen MR) is 227 cm³/mol. The minimum absolute atomic E-state index is 0.0812. The molecule has 0 bridgehead atoms. The largest absolute Gasteiger partial charge is 0.309 e. The van der Waals surface area contributed by atoms with Crippen molar-refractivity contribution < 1.29 is 5.48 Å². The summed E-state index contributed by atoms with van der Waals surface area (Å²) >= 11 is 0. The van der Waals surface area contributed by atoms with Crippen LogP contribution in [0, 0.1) is 0 Å². The maximum absolute atomic E-state index is 9.29. The van der Waals surface area contributed by atoms with Crippen LogP contribution in [0.15, 0.2) is 206 Å². The minimum Gasteiger partial charge on any atom is -0.309 e. The van der Waals surface area contributed by atoms with Gasteiger partial charge in [0.05, 0.1) is 16.5 Å². The van der Waals surface area contributed by atoms with E-state index in [1.54, 1.807) is 0 Å². The highest BCUT2D eigenvalue weighted by atomic mass is 15.0. The number of aromatic nitrogens is 4. The number of hydrogen-bond donors (Lipinski definition) is 0. The van der Waals surface area contributed by atoms with Crippen LogP contribution in [-0.4, -0.2) is 19.5 Å². The van der Waals surface area contributed by atoms with Gasteiger partial charge in [0.2, 0.25) is 0 Å². The molecule has 8 aromatic carbocycles. The standard InChI is InChI=1S/C51H34N4/c1-4-16-35(17-5-1)36-30-32-39(33-31-36)50-52-49(38-20-8-3-9-21-38)53-51(54-50)40-22-14-23-41(34-40)55-47-29-13-12-26-44(47)46-28-15-27-45(48(46)55)43-25-11-10-24-42(43)37-18-6-2-7-19-37/h1-34H/i12D,13D,26D,29D. The fourth-order valence-electron chi connectivity index (χ4n) is 7.41. The maximum Gasteiger partial charge on any atom is 0.164 e. The summed E-state index contributed by atoms with van der Waals surface area (Å²) in [6, 6.07) is 59.9. The smallest absolute Gasteiger partial charge is 0.164 e. The van der Waals surface area contributed by atoms with Crippen molar-refractivity contribution in [2.75, 3.05) is 0 Å². The van der Waals surface area contributed by atoms with Crippen molar-refractivity contribution in [1.29, 1.82) is 0 Å². The van der Waals surface area contributed by atoms with E-state index in [9.17, 15) is 1.37 Å². The molecule has 0 aliphatic heterocycles. The number of fused-ring (bicyclic) bond motifs is 3. The van der Waals surface area contributed by atoms with E-state index in [2.05, 4.69) is 54.6 Å². The van der Waals surface area contributed by atoms with Crippen LogP contribution in [0.2, 0.25) is 0 Å². The average Bonchev–Trinajstić information content (AvgIpc) is 3.67. The first-order chi connectivity index (χ1) is 28.9. The molecule has 2 aromatic heterocycles. The molecule has 0 aliphatic carbocycles. The lowest BCUT2D eigenvalue weighted by Gasteiger charge is -2.15. The van der Waals surface area contributed by atoms with Gasteiger partial charge in [-0.05, 0) is 46.0 Å². The van der Waals surface area contributed by atoms with E-state index in [-0.39, 0.29) is 24.2 Å². The number of benzene rings is 8. The molecule has 0 fully saturated rings. The highest BCUT2D eigenvalue weighted by Gasteiger charge is 2.19. The van der Waals surface area contributed by atoms with Crippen molar-refractivity contribution in [3.8, 4) is 73.2 Å². The van der Waals surface area contributed by atoms with Gasteiger partial charge in [0.15, 0.2) is 17.5 Å². The molecular weight excluding hydrogens is 669 g/mol. The molecule has 4 heteroatoms. The Kier molecular flexibility index (Phi) is 7.08. The van der Waals surface area contributed by atoms with E-state index in [0.717, 1.165) is 61.0 Å². The second-order valence-electron chi connectivity index (χ2n) is 13.3. The lowest BCUT2D eigenvalue weighted by molar-refractivity contribution is 1.07. The molecule has 0 saturated heterocycles. The van der Waals surface area contributed by atoms with Crippen LogP contribution >= 0.6 is 0 Å². The summed E-state index contributed by atoms with van der Waals surface area (Å²) in [5.41, 5.74) is 10.5. The molecule has 0 unspecified atom stereocenters. The van der Waals surface area contributed by atoms with Crippen LogP contribution in [-0.2, 0) is 0 Å². The summed E-state index contributed by atoms with van der Waals surface area (Å²) in [6.07, 6.45) is 0. The Bertz CT molecular complexity index is 3190. The van der Waals surface area contributed by atoms with Crippen LogP contribution in [0.4, 0.5) is 0 Å². The van der Waals surface area contributed by atoms with E-state index < -0.39 is 0 Å². The monoisotopic (exact) mass is 706 g/mol. The Morgan fingerprint density at radius 1 is 0.364 bits per heavy atom. The average molecular weight is 707 g/mol. The lowest BCUT2D eigenvalue weighted by atomic mass is 9.93. The van der Waals surface area contributed by atoms with Crippen molar-refractivity contribution in [3.63, 3.8) is 0 Å². The first kappa shape index (κ1) is 28.1. The lowest BCUT2D eigenvalue weighted by Crippen LogP contribution is -2.01. The molecule has 55 heavy (non-hydrogen) atoms. The van der Waals surface area contributed by atoms with Gasteiger partial charge in [-0.15, -0.1) is 0 Å². The summed E-state index contributed by atoms with van der Waals surface area (Å²) in [6.45, 7) is 0. The molecule has 0 radical (unpaired) electrons. The van der Waals surface area contributed by atoms with E-state index in [1.807, 2.05) is 132 Å². The predicted octanol–water partition coefficient (Wildman–Crippen LogP) is 13.0. The van der Waals surface area contributed by atoms with Gasteiger partial charge >= 0.3 is 0 Å². The molecule has 0 atom stereocenters. The summed E-state index contributed by atoms with van der Waals surface area (Å²) in [5.74, 6) is 1.54. The Balaban J connectivity index is 1.20. The zero-order chi connectivity index (χ0) is 40.0. The molecule has 4 nitrogen and oxygen atoms in total. The van der Waals surface area contributed by atoms with Crippen LogP contribution in [0.3, 0.4) is 0 Å². The van der Waals surface area contributed by atoms with Crippen molar-refractivity contribution in [2.45, 2.75) is 0 Å². The number of para-hydroxylation sites is 2. The molecule has 10 aromatic rings. The molecule has 258 valence electrons. The highest BCUT2D eigenvalue weighted by Crippen LogP contribution is 2.41. The first-order valence-electron chi connectivity index (χ1n) is 20.2. The van der Waals surface area contributed by atoms with Gasteiger partial charge in [0.1, 0.15) is 0 Å². The number of nitrogens with zero attached hydrogens (tertiary/aromatic N) is 4. The van der Waals surface area contributed by atoms with Crippen molar-refractivity contribution in [1.82, 2.24) is 19.5 Å². The van der Waals surface area contributed by atoms with Crippen molar-refractivity contribution >= 4 is 21.8 Å². The van der Waals surface area contributed by atoms with Gasteiger partial charge in [0, 0.05) is 38.7 Å². The molecule has 0 aliphatic rings.